The van der Waals surface area contributed by atoms with E-state index >= 15 is 0 Å². The number of aromatic amines is 1. The molecule has 1 aromatic heterocycles. The number of H-pyrrole nitrogens is 1. The summed E-state index contributed by atoms with van der Waals surface area (Å²) in [6, 6.07) is 0. The molecule has 0 spiro atoms. The molecule has 0 aliphatic rings. The van der Waals surface area contributed by atoms with E-state index in [1.807, 2.05) is 0 Å². The number of rotatable bonds is 4. The van der Waals surface area contributed by atoms with Crippen molar-refractivity contribution < 1.29 is 10.0 Å². The molecule has 1 heterocycles. The van der Waals surface area contributed by atoms with Gasteiger partial charge in [0.2, 0.25) is 0 Å². The lowest BCUT2D eigenvalue weighted by molar-refractivity contribution is -0.385. The minimum absolute atomic E-state index is 0.0133. The summed E-state index contributed by atoms with van der Waals surface area (Å²) in [7, 11) is 0. The highest BCUT2D eigenvalue weighted by molar-refractivity contribution is 5.31. The third-order valence-corrected chi connectivity index (χ3v) is 1.70. The predicted molar refractivity (Wildman–Crippen MR) is 45.2 cm³/mol. The molecular weight excluding hydrogens is 174 g/mol. The molecule has 1 atom stereocenters. The summed E-state index contributed by atoms with van der Waals surface area (Å²) < 4.78 is 0. The van der Waals surface area contributed by atoms with E-state index < -0.39 is 11.0 Å². The SMILES string of the molecule is C[C@@H](O)CCc1[nH]ncc1[N+](=O)[O-]. The zero-order chi connectivity index (χ0) is 9.84. The van der Waals surface area contributed by atoms with Crippen LogP contribution in [0.2, 0.25) is 0 Å². The number of hydrogen-bond acceptors (Lipinski definition) is 4. The highest BCUT2D eigenvalue weighted by atomic mass is 16.6. The van der Waals surface area contributed by atoms with Crippen molar-refractivity contribution >= 4 is 5.69 Å². The van der Waals surface area contributed by atoms with Crippen LogP contribution in [0.5, 0.6) is 0 Å². The van der Waals surface area contributed by atoms with Crippen LogP contribution in [0.3, 0.4) is 0 Å². The van der Waals surface area contributed by atoms with Gasteiger partial charge in [-0.15, -0.1) is 0 Å². The van der Waals surface area contributed by atoms with Crippen molar-refractivity contribution in [3.05, 3.63) is 22.0 Å². The summed E-state index contributed by atoms with van der Waals surface area (Å²) >= 11 is 0. The van der Waals surface area contributed by atoms with Crippen molar-refractivity contribution in [3.8, 4) is 0 Å². The fraction of sp³-hybridized carbons (Fsp3) is 0.571. The molecule has 0 aromatic carbocycles. The van der Waals surface area contributed by atoms with Gasteiger partial charge in [-0.2, -0.15) is 5.10 Å². The topological polar surface area (TPSA) is 92.0 Å². The van der Waals surface area contributed by atoms with E-state index in [1.54, 1.807) is 6.92 Å². The van der Waals surface area contributed by atoms with Gasteiger partial charge in [0.15, 0.2) is 0 Å². The van der Waals surface area contributed by atoms with E-state index in [0.717, 1.165) is 0 Å². The summed E-state index contributed by atoms with van der Waals surface area (Å²) in [5.41, 5.74) is 0.451. The van der Waals surface area contributed by atoms with Crippen LogP contribution in [-0.4, -0.2) is 26.3 Å². The second-order valence-corrected chi connectivity index (χ2v) is 2.88. The first-order chi connectivity index (χ1) is 6.11. The van der Waals surface area contributed by atoms with Crippen LogP contribution in [0.4, 0.5) is 5.69 Å². The first kappa shape index (κ1) is 9.66. The molecule has 0 aliphatic heterocycles. The Hall–Kier alpha value is -1.43. The van der Waals surface area contributed by atoms with Crippen LogP contribution >= 0.6 is 0 Å². The standard InChI is InChI=1S/C7H11N3O3/c1-5(11)2-3-6-7(10(12)13)4-8-9-6/h4-5,11H,2-3H2,1H3,(H,8,9)/t5-/m1/s1. The second kappa shape index (κ2) is 3.99. The van der Waals surface area contributed by atoms with Crippen LogP contribution < -0.4 is 0 Å². The minimum atomic E-state index is -0.485. The maximum Gasteiger partial charge on any atom is 0.309 e. The molecule has 0 aliphatic carbocycles. The van der Waals surface area contributed by atoms with Crippen molar-refractivity contribution in [2.45, 2.75) is 25.9 Å². The maximum absolute atomic E-state index is 10.4. The second-order valence-electron chi connectivity index (χ2n) is 2.88. The smallest absolute Gasteiger partial charge is 0.309 e. The number of aliphatic hydroxyl groups excluding tert-OH is 1. The number of nitro groups is 1. The van der Waals surface area contributed by atoms with Gasteiger partial charge in [0.25, 0.3) is 0 Å². The molecule has 0 unspecified atom stereocenters. The average Bonchev–Trinajstić information content (AvgIpc) is 2.47. The Morgan fingerprint density at radius 1 is 1.85 bits per heavy atom. The third-order valence-electron chi connectivity index (χ3n) is 1.70. The molecule has 1 aromatic rings. The average molecular weight is 185 g/mol. The van der Waals surface area contributed by atoms with Gasteiger partial charge >= 0.3 is 5.69 Å². The molecule has 2 N–H and O–H groups in total. The number of aromatic nitrogens is 2. The summed E-state index contributed by atoms with van der Waals surface area (Å²) in [4.78, 5) is 9.93. The van der Waals surface area contributed by atoms with Crippen LogP contribution in [0, 0.1) is 10.1 Å². The van der Waals surface area contributed by atoms with Gasteiger partial charge in [-0.25, -0.2) is 0 Å². The summed E-state index contributed by atoms with van der Waals surface area (Å²) in [5.74, 6) is 0. The molecule has 72 valence electrons. The Balaban J connectivity index is 2.65. The highest BCUT2D eigenvalue weighted by Crippen LogP contribution is 2.16. The van der Waals surface area contributed by atoms with Crippen molar-refractivity contribution in [1.29, 1.82) is 0 Å². The molecule has 6 nitrogen and oxygen atoms in total. The first-order valence-corrected chi connectivity index (χ1v) is 3.96. The third kappa shape index (κ3) is 2.51. The van der Waals surface area contributed by atoms with Crippen LogP contribution in [0.25, 0.3) is 0 Å². The van der Waals surface area contributed by atoms with E-state index in [1.165, 1.54) is 6.20 Å². The van der Waals surface area contributed by atoms with Crippen LogP contribution in [0.15, 0.2) is 6.20 Å². The van der Waals surface area contributed by atoms with E-state index in [-0.39, 0.29) is 5.69 Å². The Labute approximate surface area is 74.7 Å². The molecule has 0 saturated heterocycles. The monoisotopic (exact) mass is 185 g/mol. The lowest BCUT2D eigenvalue weighted by atomic mass is 10.1. The fourth-order valence-corrected chi connectivity index (χ4v) is 1.00. The van der Waals surface area contributed by atoms with Crippen molar-refractivity contribution in [1.82, 2.24) is 10.2 Å². The zero-order valence-corrected chi connectivity index (χ0v) is 7.23. The molecule has 6 heteroatoms. The molecule has 0 amide bonds. The van der Waals surface area contributed by atoms with Crippen molar-refractivity contribution in [2.75, 3.05) is 0 Å². The lowest BCUT2D eigenvalue weighted by Gasteiger charge is -2.00. The number of aryl methyl sites for hydroxylation is 1. The van der Waals surface area contributed by atoms with Gasteiger partial charge in [-0.05, 0) is 19.8 Å². The summed E-state index contributed by atoms with van der Waals surface area (Å²) in [5, 5.41) is 25.5. The molecule has 13 heavy (non-hydrogen) atoms. The lowest BCUT2D eigenvalue weighted by Crippen LogP contribution is -2.03. The largest absolute Gasteiger partial charge is 0.393 e. The van der Waals surface area contributed by atoms with E-state index in [4.69, 9.17) is 5.11 Å². The maximum atomic E-state index is 10.4. The summed E-state index contributed by atoms with van der Waals surface area (Å²) in [6.07, 6.45) is 1.65. The number of hydrogen-bond donors (Lipinski definition) is 2. The van der Waals surface area contributed by atoms with Gasteiger partial charge in [-0.1, -0.05) is 0 Å². The van der Waals surface area contributed by atoms with Crippen molar-refractivity contribution in [3.63, 3.8) is 0 Å². The Morgan fingerprint density at radius 2 is 2.54 bits per heavy atom. The number of aliphatic hydroxyl groups is 1. The molecular formula is C7H11N3O3. The zero-order valence-electron chi connectivity index (χ0n) is 7.23. The number of nitrogens with one attached hydrogen (secondary N) is 1. The molecule has 0 fully saturated rings. The number of nitrogens with zero attached hydrogens (tertiary/aromatic N) is 2. The van der Waals surface area contributed by atoms with Crippen molar-refractivity contribution in [2.24, 2.45) is 0 Å². The van der Waals surface area contributed by atoms with Crippen LogP contribution in [0.1, 0.15) is 19.0 Å². The molecule has 0 saturated carbocycles. The molecule has 0 radical (unpaired) electrons. The normalized spacial score (nSPS) is 12.8. The molecule has 0 bridgehead atoms. The highest BCUT2D eigenvalue weighted by Gasteiger charge is 2.15. The van der Waals surface area contributed by atoms with Gasteiger partial charge in [0.1, 0.15) is 11.9 Å². The van der Waals surface area contributed by atoms with Gasteiger partial charge in [0.05, 0.1) is 11.0 Å². The van der Waals surface area contributed by atoms with E-state index in [0.29, 0.717) is 18.5 Å². The predicted octanol–water partition coefficient (Wildman–Crippen LogP) is 0.631. The van der Waals surface area contributed by atoms with Crippen LogP contribution in [-0.2, 0) is 6.42 Å². The van der Waals surface area contributed by atoms with Gasteiger partial charge < -0.3 is 5.11 Å². The quantitative estimate of drug-likeness (QED) is 0.531. The first-order valence-electron chi connectivity index (χ1n) is 3.96. The van der Waals surface area contributed by atoms with E-state index in [2.05, 4.69) is 10.2 Å². The minimum Gasteiger partial charge on any atom is -0.393 e. The fourth-order valence-electron chi connectivity index (χ4n) is 1.00. The van der Waals surface area contributed by atoms with Gasteiger partial charge in [-0.3, -0.25) is 15.2 Å². The Bertz CT molecular complexity index is 295. The summed E-state index contributed by atoms with van der Waals surface area (Å²) in [6.45, 7) is 1.64. The Morgan fingerprint density at radius 3 is 3.08 bits per heavy atom. The Kier molecular flexibility index (Phi) is 2.97. The molecule has 1 rings (SSSR count). The van der Waals surface area contributed by atoms with Gasteiger partial charge in [0, 0.05) is 0 Å². The van der Waals surface area contributed by atoms with E-state index in [9.17, 15) is 10.1 Å².